The van der Waals surface area contributed by atoms with Crippen LogP contribution in [0.1, 0.15) is 19.8 Å². The van der Waals surface area contributed by atoms with Crippen LogP contribution in [0, 0.1) is 0 Å². The molecule has 1 aromatic heterocycles. The number of fused-ring (bicyclic) bond motifs is 1. The zero-order chi connectivity index (χ0) is 21.7. The van der Waals surface area contributed by atoms with Crippen LogP contribution in [0.4, 0.5) is 0 Å². The van der Waals surface area contributed by atoms with Crippen LogP contribution in [0.2, 0.25) is 0 Å². The third-order valence-corrected chi connectivity index (χ3v) is 5.14. The van der Waals surface area contributed by atoms with Crippen LogP contribution in [0.3, 0.4) is 0 Å². The lowest BCUT2D eigenvalue weighted by molar-refractivity contribution is -0.130. The summed E-state index contributed by atoms with van der Waals surface area (Å²) in [7, 11) is 6.57. The monoisotopic (exact) mass is 411 g/mol. The fraction of sp³-hybridized carbons (Fsp3) is 0.391. The summed E-state index contributed by atoms with van der Waals surface area (Å²) in [5.41, 5.74) is 2.51. The average molecular weight is 412 g/mol. The van der Waals surface area contributed by atoms with Crippen molar-refractivity contribution < 1.29 is 19.0 Å². The second-order valence-corrected chi connectivity index (χ2v) is 7.09. The van der Waals surface area contributed by atoms with Gasteiger partial charge in [0.1, 0.15) is 12.4 Å². The van der Waals surface area contributed by atoms with Crippen molar-refractivity contribution in [2.45, 2.75) is 26.3 Å². The van der Waals surface area contributed by atoms with Crippen LogP contribution in [0.15, 0.2) is 36.4 Å². The predicted molar refractivity (Wildman–Crippen MR) is 117 cm³/mol. The zero-order valence-electron chi connectivity index (χ0n) is 18.3. The molecule has 1 amide bonds. The first-order chi connectivity index (χ1) is 14.5. The molecule has 0 bridgehead atoms. The van der Waals surface area contributed by atoms with Gasteiger partial charge in [0.15, 0.2) is 11.5 Å². The van der Waals surface area contributed by atoms with Gasteiger partial charge in [-0.05, 0) is 30.7 Å². The van der Waals surface area contributed by atoms with E-state index in [0.717, 1.165) is 36.0 Å². The average Bonchev–Trinajstić information content (AvgIpc) is 3.14. The number of amides is 1. The number of carbonyl (C=O) groups is 1. The smallest absolute Gasteiger partial charge is 0.242 e. The number of carbonyl (C=O) groups excluding carboxylic acids is 1. The van der Waals surface area contributed by atoms with E-state index >= 15 is 0 Å². The van der Waals surface area contributed by atoms with Crippen molar-refractivity contribution in [3.05, 3.63) is 36.4 Å². The van der Waals surface area contributed by atoms with Gasteiger partial charge < -0.3 is 23.7 Å². The lowest BCUT2D eigenvalue weighted by Gasteiger charge is -2.19. The number of aromatic nitrogens is 2. The SMILES string of the molecule is CCCCN(C)C(=O)Cn1c(-c2cc(OC)c(OC)c(OC)c2)nc2ccccc21. The van der Waals surface area contributed by atoms with Gasteiger partial charge in [-0.3, -0.25) is 4.79 Å². The highest BCUT2D eigenvalue weighted by molar-refractivity contribution is 5.85. The van der Waals surface area contributed by atoms with E-state index in [0.29, 0.717) is 23.1 Å². The van der Waals surface area contributed by atoms with Gasteiger partial charge in [0.25, 0.3) is 0 Å². The van der Waals surface area contributed by atoms with Crippen molar-refractivity contribution >= 4 is 16.9 Å². The molecular weight excluding hydrogens is 382 g/mol. The number of hydrogen-bond acceptors (Lipinski definition) is 5. The van der Waals surface area contributed by atoms with Crippen molar-refractivity contribution in [3.8, 4) is 28.6 Å². The molecule has 0 saturated heterocycles. The third-order valence-electron chi connectivity index (χ3n) is 5.14. The fourth-order valence-corrected chi connectivity index (χ4v) is 3.44. The van der Waals surface area contributed by atoms with Crippen molar-refractivity contribution in [3.63, 3.8) is 0 Å². The molecule has 0 radical (unpaired) electrons. The van der Waals surface area contributed by atoms with Gasteiger partial charge >= 0.3 is 0 Å². The van der Waals surface area contributed by atoms with Gasteiger partial charge in [-0.2, -0.15) is 0 Å². The van der Waals surface area contributed by atoms with E-state index in [9.17, 15) is 4.79 Å². The number of likely N-dealkylation sites (N-methyl/N-ethyl adjacent to an activating group) is 1. The summed E-state index contributed by atoms with van der Waals surface area (Å²) in [6, 6.07) is 11.5. The summed E-state index contributed by atoms with van der Waals surface area (Å²) in [4.78, 5) is 19.5. The van der Waals surface area contributed by atoms with Gasteiger partial charge in [-0.15, -0.1) is 0 Å². The van der Waals surface area contributed by atoms with E-state index in [1.165, 1.54) is 0 Å². The van der Waals surface area contributed by atoms with E-state index in [-0.39, 0.29) is 12.5 Å². The van der Waals surface area contributed by atoms with E-state index in [1.807, 2.05) is 48.0 Å². The first-order valence-corrected chi connectivity index (χ1v) is 10.0. The Morgan fingerprint density at radius 3 is 2.33 bits per heavy atom. The quantitative estimate of drug-likeness (QED) is 0.533. The van der Waals surface area contributed by atoms with Gasteiger partial charge in [-0.25, -0.2) is 4.98 Å². The number of unbranched alkanes of at least 4 members (excludes halogenated alkanes) is 1. The lowest BCUT2D eigenvalue weighted by atomic mass is 10.1. The second kappa shape index (κ2) is 9.52. The molecule has 0 atom stereocenters. The molecule has 2 aromatic carbocycles. The number of benzene rings is 2. The summed E-state index contributed by atoms with van der Waals surface area (Å²) >= 11 is 0. The van der Waals surface area contributed by atoms with Crippen molar-refractivity contribution in [2.75, 3.05) is 34.9 Å². The molecule has 3 aromatic rings. The Morgan fingerprint density at radius 1 is 1.07 bits per heavy atom. The van der Waals surface area contributed by atoms with Crippen LogP contribution in [0.5, 0.6) is 17.2 Å². The Kier molecular flexibility index (Phi) is 6.82. The highest BCUT2D eigenvalue weighted by Gasteiger charge is 2.21. The summed E-state index contributed by atoms with van der Waals surface area (Å²) in [6.07, 6.45) is 2.02. The maximum Gasteiger partial charge on any atom is 0.242 e. The fourth-order valence-electron chi connectivity index (χ4n) is 3.44. The molecule has 0 aliphatic rings. The Balaban J connectivity index is 2.11. The maximum absolute atomic E-state index is 12.9. The van der Waals surface area contributed by atoms with Crippen LogP contribution >= 0.6 is 0 Å². The second-order valence-electron chi connectivity index (χ2n) is 7.09. The summed E-state index contributed by atoms with van der Waals surface area (Å²) < 4.78 is 18.4. The highest BCUT2D eigenvalue weighted by atomic mass is 16.5. The predicted octanol–water partition coefficient (Wildman–Crippen LogP) is 3.99. The molecule has 0 aliphatic heterocycles. The number of hydrogen-bond donors (Lipinski definition) is 0. The summed E-state index contributed by atoms with van der Waals surface area (Å²) in [5.74, 6) is 2.31. The number of rotatable bonds is 9. The Labute approximate surface area is 177 Å². The molecule has 0 spiro atoms. The van der Waals surface area contributed by atoms with Crippen molar-refractivity contribution in [1.29, 1.82) is 0 Å². The van der Waals surface area contributed by atoms with Crippen LogP contribution < -0.4 is 14.2 Å². The van der Waals surface area contributed by atoms with Crippen LogP contribution in [-0.2, 0) is 11.3 Å². The summed E-state index contributed by atoms with van der Waals surface area (Å²) in [5, 5.41) is 0. The van der Waals surface area contributed by atoms with Gasteiger partial charge in [0.2, 0.25) is 11.7 Å². The van der Waals surface area contributed by atoms with E-state index in [4.69, 9.17) is 19.2 Å². The maximum atomic E-state index is 12.9. The molecule has 7 nitrogen and oxygen atoms in total. The van der Waals surface area contributed by atoms with Crippen molar-refractivity contribution in [2.24, 2.45) is 0 Å². The standard InChI is InChI=1S/C23H29N3O4/c1-6-7-12-25(2)21(27)15-26-18-11-9-8-10-17(18)24-23(26)16-13-19(28-3)22(30-5)20(14-16)29-4/h8-11,13-14H,6-7,12,15H2,1-5H3. The van der Waals surface area contributed by atoms with Crippen LogP contribution in [-0.4, -0.2) is 55.3 Å². The molecule has 0 unspecified atom stereocenters. The number of methoxy groups -OCH3 is 3. The minimum absolute atomic E-state index is 0.0419. The van der Waals surface area contributed by atoms with Gasteiger partial charge in [-0.1, -0.05) is 25.5 Å². The number of nitrogens with zero attached hydrogens (tertiary/aromatic N) is 3. The molecular formula is C23H29N3O4. The first-order valence-electron chi connectivity index (χ1n) is 10.0. The third kappa shape index (κ3) is 4.20. The molecule has 30 heavy (non-hydrogen) atoms. The normalized spacial score (nSPS) is 10.8. The minimum atomic E-state index is 0.0419. The molecule has 3 rings (SSSR count). The molecule has 0 aliphatic carbocycles. The minimum Gasteiger partial charge on any atom is -0.493 e. The van der Waals surface area contributed by atoms with E-state index in [1.54, 1.807) is 26.2 Å². The van der Waals surface area contributed by atoms with Gasteiger partial charge in [0, 0.05) is 19.2 Å². The van der Waals surface area contributed by atoms with Crippen LogP contribution in [0.25, 0.3) is 22.4 Å². The molecule has 7 heteroatoms. The van der Waals surface area contributed by atoms with E-state index < -0.39 is 0 Å². The topological polar surface area (TPSA) is 65.8 Å². The highest BCUT2D eigenvalue weighted by Crippen LogP contribution is 2.41. The Bertz CT molecular complexity index is 1000. The lowest BCUT2D eigenvalue weighted by Crippen LogP contribution is -2.31. The first kappa shape index (κ1) is 21.5. The zero-order valence-corrected chi connectivity index (χ0v) is 18.3. The Morgan fingerprint density at radius 2 is 1.73 bits per heavy atom. The summed E-state index contributed by atoms with van der Waals surface area (Å²) in [6.45, 7) is 3.05. The molecule has 160 valence electrons. The largest absolute Gasteiger partial charge is 0.493 e. The Hall–Kier alpha value is -3.22. The molecule has 0 saturated carbocycles. The van der Waals surface area contributed by atoms with E-state index in [2.05, 4.69) is 6.92 Å². The molecule has 1 heterocycles. The number of para-hydroxylation sites is 2. The number of imidazole rings is 1. The molecule has 0 fully saturated rings. The van der Waals surface area contributed by atoms with Crippen molar-refractivity contribution in [1.82, 2.24) is 14.5 Å². The molecule has 0 N–H and O–H groups in total. The van der Waals surface area contributed by atoms with Gasteiger partial charge in [0.05, 0.1) is 32.4 Å². The number of ether oxygens (including phenoxy) is 3.